The molecule has 0 amide bonds. The summed E-state index contributed by atoms with van der Waals surface area (Å²) in [5.74, 6) is 0.272. The van der Waals surface area contributed by atoms with Gasteiger partial charge >= 0.3 is 0 Å². The maximum absolute atomic E-state index is 13.4. The average molecular weight is 402 g/mol. The molecule has 0 atom stereocenters. The second-order valence-corrected chi connectivity index (χ2v) is 7.75. The molecule has 30 heavy (non-hydrogen) atoms. The molecule has 3 rings (SSSR count). The molecule has 6 heteroatoms. The minimum atomic E-state index is -0.472. The lowest BCUT2D eigenvalue weighted by Gasteiger charge is -2.35. The van der Waals surface area contributed by atoms with Crippen LogP contribution < -0.4 is 10.4 Å². The van der Waals surface area contributed by atoms with Crippen molar-refractivity contribution in [2.75, 3.05) is 18.0 Å². The van der Waals surface area contributed by atoms with E-state index in [4.69, 9.17) is 7.85 Å². The van der Waals surface area contributed by atoms with Crippen molar-refractivity contribution in [1.29, 1.82) is 0 Å². The SMILES string of the molecule is [B]c1ccc(/C(CCc2ccnc(F)c2)=N/N=C)c(N2CCC(CCC=C)CC2)c1. The number of hydrogen-bond donors (Lipinski definition) is 0. The molecule has 1 aliphatic rings. The molecule has 1 aliphatic heterocycles. The minimum absolute atomic E-state index is 0.472. The highest BCUT2D eigenvalue weighted by Gasteiger charge is 2.22. The first kappa shape index (κ1) is 21.9. The van der Waals surface area contributed by atoms with Crippen molar-refractivity contribution < 1.29 is 4.39 Å². The number of aromatic nitrogens is 1. The molecule has 0 saturated carbocycles. The van der Waals surface area contributed by atoms with Crippen LogP contribution in [0.5, 0.6) is 0 Å². The van der Waals surface area contributed by atoms with E-state index in [0.717, 1.165) is 66.3 Å². The predicted molar refractivity (Wildman–Crippen MR) is 125 cm³/mol. The summed E-state index contributed by atoms with van der Waals surface area (Å²) in [4.78, 5) is 6.01. The Morgan fingerprint density at radius 3 is 2.77 bits per heavy atom. The van der Waals surface area contributed by atoms with E-state index in [1.54, 1.807) is 0 Å². The van der Waals surface area contributed by atoms with Crippen LogP contribution in [0.2, 0.25) is 0 Å². The molecule has 1 aromatic heterocycles. The van der Waals surface area contributed by atoms with Gasteiger partial charge in [-0.1, -0.05) is 23.7 Å². The summed E-state index contributed by atoms with van der Waals surface area (Å²) in [6.07, 6.45) is 9.34. The molecular formula is C24H28BFN4. The third kappa shape index (κ3) is 5.88. The van der Waals surface area contributed by atoms with Crippen LogP contribution in [-0.2, 0) is 6.42 Å². The van der Waals surface area contributed by atoms with Gasteiger partial charge in [0, 0.05) is 37.3 Å². The molecule has 1 aromatic carbocycles. The number of anilines is 1. The summed E-state index contributed by atoms with van der Waals surface area (Å²) in [7, 11) is 6.12. The Morgan fingerprint density at radius 2 is 2.07 bits per heavy atom. The number of hydrogen-bond acceptors (Lipinski definition) is 4. The summed E-state index contributed by atoms with van der Waals surface area (Å²) in [6, 6.07) is 9.19. The Hall–Kier alpha value is -2.76. The van der Waals surface area contributed by atoms with Crippen molar-refractivity contribution in [1.82, 2.24) is 4.98 Å². The lowest BCUT2D eigenvalue weighted by Crippen LogP contribution is -2.35. The fourth-order valence-electron chi connectivity index (χ4n) is 4.06. The van der Waals surface area contributed by atoms with Crippen LogP contribution in [-0.4, -0.2) is 38.3 Å². The molecule has 2 radical (unpaired) electrons. The zero-order valence-electron chi connectivity index (χ0n) is 17.4. The fourth-order valence-corrected chi connectivity index (χ4v) is 4.06. The van der Waals surface area contributed by atoms with Crippen LogP contribution in [0.15, 0.2) is 59.4 Å². The van der Waals surface area contributed by atoms with Gasteiger partial charge in [0.05, 0.1) is 5.71 Å². The van der Waals surface area contributed by atoms with E-state index in [9.17, 15) is 4.39 Å². The second kappa shape index (κ2) is 10.9. The molecule has 1 saturated heterocycles. The second-order valence-electron chi connectivity index (χ2n) is 7.75. The van der Waals surface area contributed by atoms with Crippen LogP contribution >= 0.6 is 0 Å². The quantitative estimate of drug-likeness (QED) is 0.207. The zero-order chi connectivity index (χ0) is 21.3. The molecule has 0 unspecified atom stereocenters. The van der Waals surface area contributed by atoms with E-state index >= 15 is 0 Å². The number of halogens is 1. The number of pyridine rings is 1. The molecular weight excluding hydrogens is 374 g/mol. The minimum Gasteiger partial charge on any atom is -0.371 e. The smallest absolute Gasteiger partial charge is 0.213 e. The van der Waals surface area contributed by atoms with Crippen LogP contribution in [0.4, 0.5) is 10.1 Å². The van der Waals surface area contributed by atoms with Gasteiger partial charge in [0.2, 0.25) is 5.95 Å². The number of piperidine rings is 1. The summed E-state index contributed by atoms with van der Waals surface area (Å²) >= 11 is 0. The molecule has 1 fully saturated rings. The van der Waals surface area contributed by atoms with E-state index in [1.807, 2.05) is 30.3 Å². The van der Waals surface area contributed by atoms with Crippen molar-refractivity contribution in [3.05, 3.63) is 66.3 Å². The molecule has 2 heterocycles. The summed E-state index contributed by atoms with van der Waals surface area (Å²) in [5, 5.41) is 8.10. The highest BCUT2D eigenvalue weighted by Crippen LogP contribution is 2.29. The highest BCUT2D eigenvalue weighted by atomic mass is 19.1. The standard InChI is InChI=1S/C24H28BFN4/c1-3-4-5-18-11-14-30(15-12-18)23-17-20(25)7-8-21(23)22(29-27-2)9-6-19-10-13-28-24(26)16-19/h3,7-8,10,13,16-18H,1-2,4-6,9,11-12,14-15H2/b29-22+. The van der Waals surface area contributed by atoms with Crippen molar-refractivity contribution >= 4 is 31.4 Å². The topological polar surface area (TPSA) is 40.9 Å². The maximum Gasteiger partial charge on any atom is 0.213 e. The van der Waals surface area contributed by atoms with Gasteiger partial charge in [-0.05, 0) is 68.2 Å². The number of rotatable bonds is 9. The van der Waals surface area contributed by atoms with Crippen molar-refractivity contribution in [2.24, 2.45) is 16.1 Å². The summed E-state index contributed by atoms with van der Waals surface area (Å²) in [5.41, 5.74) is 4.52. The van der Waals surface area contributed by atoms with E-state index in [-0.39, 0.29) is 0 Å². The molecule has 4 nitrogen and oxygen atoms in total. The van der Waals surface area contributed by atoms with Crippen LogP contribution in [0.3, 0.4) is 0 Å². The lowest BCUT2D eigenvalue weighted by molar-refractivity contribution is 0.384. The number of aryl methyl sites for hydroxylation is 1. The van der Waals surface area contributed by atoms with Crippen LogP contribution in [0.1, 0.15) is 43.2 Å². The van der Waals surface area contributed by atoms with E-state index in [1.165, 1.54) is 18.7 Å². The zero-order valence-corrected chi connectivity index (χ0v) is 17.4. The first-order chi connectivity index (χ1) is 14.6. The molecule has 0 N–H and O–H groups in total. The number of nitrogens with zero attached hydrogens (tertiary/aromatic N) is 4. The lowest BCUT2D eigenvalue weighted by atomic mass is 9.88. The third-order valence-corrected chi connectivity index (χ3v) is 5.70. The summed E-state index contributed by atoms with van der Waals surface area (Å²) in [6.45, 7) is 9.35. The van der Waals surface area contributed by atoms with Gasteiger partial charge in [0.1, 0.15) is 7.85 Å². The molecule has 0 bridgehead atoms. The van der Waals surface area contributed by atoms with Gasteiger partial charge in [-0.3, -0.25) is 0 Å². The Balaban J connectivity index is 1.79. The third-order valence-electron chi connectivity index (χ3n) is 5.70. The normalized spacial score (nSPS) is 15.2. The van der Waals surface area contributed by atoms with Crippen molar-refractivity contribution in [3.8, 4) is 0 Å². The molecule has 2 aromatic rings. The van der Waals surface area contributed by atoms with Gasteiger partial charge in [-0.25, -0.2) is 4.98 Å². The van der Waals surface area contributed by atoms with Crippen LogP contribution in [0.25, 0.3) is 0 Å². The van der Waals surface area contributed by atoms with Gasteiger partial charge in [0.15, 0.2) is 0 Å². The highest BCUT2D eigenvalue weighted by molar-refractivity contribution is 6.33. The fraction of sp³-hybridized carbons (Fsp3) is 0.375. The van der Waals surface area contributed by atoms with Gasteiger partial charge in [0.25, 0.3) is 0 Å². The van der Waals surface area contributed by atoms with Gasteiger partial charge in [-0.2, -0.15) is 14.6 Å². The Morgan fingerprint density at radius 1 is 1.27 bits per heavy atom. The molecule has 0 aliphatic carbocycles. The van der Waals surface area contributed by atoms with Crippen LogP contribution in [0, 0.1) is 11.9 Å². The Labute approximate surface area is 180 Å². The van der Waals surface area contributed by atoms with E-state index in [0.29, 0.717) is 12.8 Å². The van der Waals surface area contributed by atoms with Gasteiger partial charge < -0.3 is 4.90 Å². The monoisotopic (exact) mass is 402 g/mol. The number of allylic oxidation sites excluding steroid dienone is 1. The van der Waals surface area contributed by atoms with E-state index in [2.05, 4.69) is 33.4 Å². The number of benzene rings is 1. The van der Waals surface area contributed by atoms with Crippen molar-refractivity contribution in [3.63, 3.8) is 0 Å². The Kier molecular flexibility index (Phi) is 7.94. The predicted octanol–water partition coefficient (Wildman–Crippen LogP) is 4.23. The largest absolute Gasteiger partial charge is 0.371 e. The van der Waals surface area contributed by atoms with Crippen molar-refractivity contribution in [2.45, 2.75) is 38.5 Å². The Bertz CT molecular complexity index is 904. The molecule has 154 valence electrons. The van der Waals surface area contributed by atoms with Gasteiger partial charge in [-0.15, -0.1) is 6.58 Å². The first-order valence-corrected chi connectivity index (χ1v) is 10.5. The maximum atomic E-state index is 13.4. The first-order valence-electron chi connectivity index (χ1n) is 10.5. The summed E-state index contributed by atoms with van der Waals surface area (Å²) < 4.78 is 13.4. The molecule has 0 spiro atoms. The average Bonchev–Trinajstić information content (AvgIpc) is 2.76. The van der Waals surface area contributed by atoms with E-state index < -0.39 is 5.95 Å².